The summed E-state index contributed by atoms with van der Waals surface area (Å²) in [5, 5.41) is 5.76. The van der Waals surface area contributed by atoms with Crippen LogP contribution in [0.3, 0.4) is 0 Å². The second-order valence-electron chi connectivity index (χ2n) is 6.29. The Morgan fingerprint density at radius 1 is 1.00 bits per heavy atom. The summed E-state index contributed by atoms with van der Waals surface area (Å²) >= 11 is 0. The highest BCUT2D eigenvalue weighted by atomic mass is 32.2. The van der Waals surface area contributed by atoms with Crippen molar-refractivity contribution in [3.05, 3.63) is 83.0 Å². The second-order valence-corrected chi connectivity index (χ2v) is 7.94. The number of nitrogens with one attached hydrogen (secondary N) is 1. The van der Waals surface area contributed by atoms with Crippen molar-refractivity contribution in [2.24, 2.45) is 0 Å². The monoisotopic (exact) mass is 381 g/mol. The Morgan fingerprint density at radius 3 is 2.30 bits per heavy atom. The van der Waals surface area contributed by atoms with E-state index >= 15 is 0 Å². The lowest BCUT2D eigenvalue weighted by atomic mass is 10.0. The number of aryl methyl sites for hydroxylation is 1. The van der Waals surface area contributed by atoms with Crippen molar-refractivity contribution in [2.45, 2.75) is 20.4 Å². The van der Waals surface area contributed by atoms with Crippen molar-refractivity contribution in [1.29, 1.82) is 0 Å². The molecule has 0 aliphatic heterocycles. The van der Waals surface area contributed by atoms with Gasteiger partial charge in [-0.3, -0.25) is 4.68 Å². The Balaban J connectivity index is 1.65. The third kappa shape index (κ3) is 4.93. The highest BCUT2D eigenvalue weighted by molar-refractivity contribution is 7.92. The Labute approximate surface area is 160 Å². The van der Waals surface area contributed by atoms with Gasteiger partial charge in [0.15, 0.2) is 0 Å². The molecule has 2 aromatic carbocycles. The molecule has 1 aromatic heterocycles. The first kappa shape index (κ1) is 19.1. The maximum Gasteiger partial charge on any atom is 0.233 e. The van der Waals surface area contributed by atoms with Gasteiger partial charge in [0.2, 0.25) is 10.0 Å². The standard InChI is InChI=1S/C21H23N3O2S/c1-17-21(20-11-7-4-8-12-20)18(2)24(23-17)15-14-22-27(25,26)16-13-19-9-5-3-6-10-19/h3-13,16,22H,14-15H2,1-2H3. The van der Waals surface area contributed by atoms with E-state index in [1.54, 1.807) is 6.08 Å². The fraction of sp³-hybridized carbons (Fsp3) is 0.190. The molecule has 0 bridgehead atoms. The van der Waals surface area contributed by atoms with Crippen molar-refractivity contribution < 1.29 is 8.42 Å². The van der Waals surface area contributed by atoms with Gasteiger partial charge in [0, 0.05) is 23.2 Å². The molecule has 1 heterocycles. The molecular formula is C21H23N3O2S. The maximum absolute atomic E-state index is 12.1. The number of nitrogens with zero attached hydrogens (tertiary/aromatic N) is 2. The lowest BCUT2D eigenvalue weighted by Gasteiger charge is -2.07. The zero-order valence-corrected chi connectivity index (χ0v) is 16.3. The Bertz CT molecular complexity index is 1020. The zero-order valence-electron chi connectivity index (χ0n) is 15.5. The fourth-order valence-electron chi connectivity index (χ4n) is 3.01. The van der Waals surface area contributed by atoms with E-state index < -0.39 is 10.0 Å². The minimum atomic E-state index is -3.49. The molecule has 27 heavy (non-hydrogen) atoms. The predicted molar refractivity (Wildman–Crippen MR) is 110 cm³/mol. The first-order valence-corrected chi connectivity index (χ1v) is 10.3. The molecule has 140 valence electrons. The fourth-order valence-corrected chi connectivity index (χ4v) is 3.82. The molecule has 5 nitrogen and oxygen atoms in total. The largest absolute Gasteiger partial charge is 0.268 e. The topological polar surface area (TPSA) is 64.0 Å². The van der Waals surface area contributed by atoms with Crippen LogP contribution in [0.15, 0.2) is 66.1 Å². The Kier molecular flexibility index (Phi) is 5.88. The minimum absolute atomic E-state index is 0.275. The van der Waals surface area contributed by atoms with Gasteiger partial charge in [-0.15, -0.1) is 0 Å². The number of rotatable bonds is 7. The molecule has 0 aliphatic carbocycles. The van der Waals surface area contributed by atoms with E-state index in [9.17, 15) is 8.42 Å². The average molecular weight is 382 g/mol. The summed E-state index contributed by atoms with van der Waals surface area (Å²) in [7, 11) is -3.49. The molecule has 0 saturated heterocycles. The van der Waals surface area contributed by atoms with Gasteiger partial charge >= 0.3 is 0 Å². The Morgan fingerprint density at radius 2 is 1.63 bits per heavy atom. The lowest BCUT2D eigenvalue weighted by molar-refractivity contribution is 0.560. The van der Waals surface area contributed by atoms with Crippen LogP contribution < -0.4 is 4.72 Å². The molecular weight excluding hydrogens is 358 g/mol. The summed E-state index contributed by atoms with van der Waals surface area (Å²) in [5.41, 5.74) is 5.02. The van der Waals surface area contributed by atoms with Gasteiger partial charge in [-0.1, -0.05) is 60.7 Å². The van der Waals surface area contributed by atoms with E-state index in [-0.39, 0.29) is 6.54 Å². The summed E-state index contributed by atoms with van der Waals surface area (Å²) in [6.45, 7) is 4.72. The minimum Gasteiger partial charge on any atom is -0.268 e. The molecule has 0 fully saturated rings. The van der Waals surface area contributed by atoms with E-state index in [2.05, 4.69) is 22.0 Å². The summed E-state index contributed by atoms with van der Waals surface area (Å²) in [5.74, 6) is 0. The van der Waals surface area contributed by atoms with Crippen LogP contribution in [0.5, 0.6) is 0 Å². The van der Waals surface area contributed by atoms with Crippen LogP contribution in [-0.4, -0.2) is 24.7 Å². The van der Waals surface area contributed by atoms with Crippen LogP contribution in [0.25, 0.3) is 17.2 Å². The molecule has 0 spiro atoms. The van der Waals surface area contributed by atoms with E-state index in [1.807, 2.05) is 67.1 Å². The van der Waals surface area contributed by atoms with Crippen LogP contribution in [0.2, 0.25) is 0 Å². The van der Waals surface area contributed by atoms with Crippen LogP contribution in [0, 0.1) is 13.8 Å². The number of benzene rings is 2. The number of hydrogen-bond donors (Lipinski definition) is 1. The van der Waals surface area contributed by atoms with Crippen LogP contribution in [0.4, 0.5) is 0 Å². The summed E-state index contributed by atoms with van der Waals surface area (Å²) in [4.78, 5) is 0. The van der Waals surface area contributed by atoms with E-state index in [0.717, 1.165) is 28.1 Å². The highest BCUT2D eigenvalue weighted by Gasteiger charge is 2.13. The quantitative estimate of drug-likeness (QED) is 0.678. The number of aromatic nitrogens is 2. The van der Waals surface area contributed by atoms with Gasteiger partial charge in [-0.25, -0.2) is 13.1 Å². The molecule has 0 atom stereocenters. The summed E-state index contributed by atoms with van der Waals surface area (Å²) in [6.07, 6.45) is 1.58. The smallest absolute Gasteiger partial charge is 0.233 e. The van der Waals surface area contributed by atoms with E-state index in [0.29, 0.717) is 6.54 Å². The van der Waals surface area contributed by atoms with Crippen molar-refractivity contribution in [2.75, 3.05) is 6.54 Å². The van der Waals surface area contributed by atoms with Gasteiger partial charge in [-0.2, -0.15) is 5.10 Å². The third-order valence-electron chi connectivity index (χ3n) is 4.31. The molecule has 0 amide bonds. The molecule has 6 heteroatoms. The van der Waals surface area contributed by atoms with Gasteiger partial charge < -0.3 is 0 Å². The van der Waals surface area contributed by atoms with Gasteiger partial charge in [0.1, 0.15) is 0 Å². The van der Waals surface area contributed by atoms with Crippen molar-refractivity contribution in [3.8, 4) is 11.1 Å². The average Bonchev–Trinajstić information content (AvgIpc) is 2.95. The Hall–Kier alpha value is -2.70. The molecule has 3 rings (SSSR count). The SMILES string of the molecule is Cc1nn(CCNS(=O)(=O)C=Cc2ccccc2)c(C)c1-c1ccccc1. The van der Waals surface area contributed by atoms with Gasteiger partial charge in [0.05, 0.1) is 12.2 Å². The lowest BCUT2D eigenvalue weighted by Crippen LogP contribution is -2.26. The number of sulfonamides is 1. The van der Waals surface area contributed by atoms with Gasteiger partial charge in [-0.05, 0) is 31.1 Å². The first-order valence-electron chi connectivity index (χ1n) is 8.78. The van der Waals surface area contributed by atoms with E-state index in [4.69, 9.17) is 0 Å². The van der Waals surface area contributed by atoms with Crippen molar-refractivity contribution in [3.63, 3.8) is 0 Å². The van der Waals surface area contributed by atoms with Crippen LogP contribution >= 0.6 is 0 Å². The molecule has 0 saturated carbocycles. The maximum atomic E-state index is 12.1. The van der Waals surface area contributed by atoms with Crippen LogP contribution in [-0.2, 0) is 16.6 Å². The van der Waals surface area contributed by atoms with Crippen LogP contribution in [0.1, 0.15) is 17.0 Å². The molecule has 0 unspecified atom stereocenters. The normalized spacial score (nSPS) is 11.9. The molecule has 0 aliphatic rings. The van der Waals surface area contributed by atoms with Gasteiger partial charge in [0.25, 0.3) is 0 Å². The first-order chi connectivity index (χ1) is 13.0. The predicted octanol–water partition coefficient (Wildman–Crippen LogP) is 3.76. The summed E-state index contributed by atoms with van der Waals surface area (Å²) in [6, 6.07) is 19.4. The zero-order chi connectivity index (χ0) is 19.3. The van der Waals surface area contributed by atoms with Crippen molar-refractivity contribution in [1.82, 2.24) is 14.5 Å². The third-order valence-corrected chi connectivity index (χ3v) is 5.41. The molecule has 1 N–H and O–H groups in total. The van der Waals surface area contributed by atoms with Crippen molar-refractivity contribution >= 4 is 16.1 Å². The number of hydrogen-bond acceptors (Lipinski definition) is 3. The molecule has 3 aromatic rings. The highest BCUT2D eigenvalue weighted by Crippen LogP contribution is 2.26. The second kappa shape index (κ2) is 8.33. The summed E-state index contributed by atoms with van der Waals surface area (Å²) < 4.78 is 28.7. The van der Waals surface area contributed by atoms with E-state index in [1.165, 1.54) is 5.41 Å². The molecule has 0 radical (unpaired) electrons.